The molecule has 0 bridgehead atoms. The number of aliphatic carboxylic acids is 1. The summed E-state index contributed by atoms with van der Waals surface area (Å²) < 4.78 is 63.9. The molecule has 4 aromatic rings. The number of benzene rings is 3. The Hall–Kier alpha value is -4.95. The summed E-state index contributed by atoms with van der Waals surface area (Å²) in [5, 5.41) is 15.3. The molecule has 4 rings (SSSR count). The monoisotopic (exact) mass is 754 g/mol. The molecule has 51 heavy (non-hydrogen) atoms. The summed E-state index contributed by atoms with van der Waals surface area (Å²) in [5.74, 6) is -1.60. The molecule has 0 saturated carbocycles. The molecule has 0 saturated heterocycles. The summed E-state index contributed by atoms with van der Waals surface area (Å²) in [6.45, 7) is 7.50. The molecule has 0 aliphatic carbocycles. The van der Waals surface area contributed by atoms with Crippen molar-refractivity contribution >= 4 is 46.9 Å². The average Bonchev–Trinajstić information content (AvgIpc) is 3.57. The zero-order chi connectivity index (χ0) is 38.1. The number of anilines is 1. The lowest BCUT2D eigenvalue weighted by atomic mass is 9.81. The van der Waals surface area contributed by atoms with Crippen molar-refractivity contribution in [1.29, 1.82) is 0 Å². The molecule has 0 spiro atoms. The van der Waals surface area contributed by atoms with E-state index in [1.807, 2.05) is 0 Å². The Morgan fingerprint density at radius 2 is 1.55 bits per heavy atom. The Labute approximate surface area is 301 Å². The van der Waals surface area contributed by atoms with Gasteiger partial charge in [0.25, 0.3) is 5.91 Å². The number of esters is 1. The number of carboxylic acids is 1. The standard InChI is InChI=1S/C18H24N2O4.C17H11Cl2F3O5/c1-6-18(3,7-2)14-11-15(24-20-14)19-17(21)16-12(22-4)9-8-10-13(16)23-5;1-8(15(23)24)26-16(25)11-7-10(3-4-12(11)18)27-14-5-2-9(6-13(14)19)17(20,21)22/h8-11H,6-7H2,1-5H3,(H,19,21);2-8H,1H3,(H,23,24)/t;8-/m.0/s1. The van der Waals surface area contributed by atoms with Crippen LogP contribution in [0.4, 0.5) is 19.1 Å². The molecule has 2 N–H and O–H groups in total. The number of methoxy groups -OCH3 is 2. The molecule has 274 valence electrons. The highest BCUT2D eigenvalue weighted by Crippen LogP contribution is 2.37. The molecule has 0 aliphatic heterocycles. The molecule has 3 aromatic carbocycles. The fourth-order valence-electron chi connectivity index (χ4n) is 4.37. The number of alkyl halides is 3. The van der Waals surface area contributed by atoms with E-state index in [4.69, 9.17) is 51.8 Å². The minimum absolute atomic E-state index is 0.0246. The van der Waals surface area contributed by atoms with Gasteiger partial charge in [0.2, 0.25) is 5.88 Å². The second-order valence-electron chi connectivity index (χ2n) is 11.1. The SMILES string of the molecule is CCC(C)(CC)c1cc(NC(=O)c2c(OC)cccc2OC)on1.C[C@H](OC(=O)c1cc(Oc2ccc(C(F)(F)F)cc2Cl)ccc1Cl)C(=O)O. The van der Waals surface area contributed by atoms with Crippen molar-refractivity contribution in [3.05, 3.63) is 93.1 Å². The Morgan fingerprint density at radius 3 is 2.08 bits per heavy atom. The number of carboxylic acid groups (broad SMARTS) is 1. The minimum Gasteiger partial charge on any atom is -0.496 e. The summed E-state index contributed by atoms with van der Waals surface area (Å²) in [4.78, 5) is 35.4. The van der Waals surface area contributed by atoms with Crippen LogP contribution in [0.5, 0.6) is 23.0 Å². The number of hydrogen-bond donors (Lipinski definition) is 2. The number of nitrogens with zero attached hydrogens (tertiary/aromatic N) is 1. The van der Waals surface area contributed by atoms with Gasteiger partial charge in [-0.3, -0.25) is 10.1 Å². The van der Waals surface area contributed by atoms with Gasteiger partial charge in [0, 0.05) is 11.5 Å². The maximum absolute atomic E-state index is 12.7. The van der Waals surface area contributed by atoms with Crippen molar-refractivity contribution < 1.29 is 56.1 Å². The van der Waals surface area contributed by atoms with E-state index >= 15 is 0 Å². The number of carbonyl (C=O) groups is 3. The van der Waals surface area contributed by atoms with E-state index in [-0.39, 0.29) is 38.4 Å². The molecule has 11 nitrogen and oxygen atoms in total. The van der Waals surface area contributed by atoms with Gasteiger partial charge in [0.1, 0.15) is 28.6 Å². The summed E-state index contributed by atoms with van der Waals surface area (Å²) in [6, 6.07) is 13.3. The van der Waals surface area contributed by atoms with Crippen molar-refractivity contribution in [2.24, 2.45) is 0 Å². The van der Waals surface area contributed by atoms with Gasteiger partial charge in [0.15, 0.2) is 6.10 Å². The first-order valence-electron chi connectivity index (χ1n) is 15.2. The lowest BCUT2D eigenvalue weighted by Gasteiger charge is -2.22. The van der Waals surface area contributed by atoms with Gasteiger partial charge < -0.3 is 28.6 Å². The van der Waals surface area contributed by atoms with Crippen molar-refractivity contribution in [1.82, 2.24) is 5.16 Å². The van der Waals surface area contributed by atoms with Gasteiger partial charge in [-0.2, -0.15) is 13.2 Å². The van der Waals surface area contributed by atoms with Crippen LogP contribution in [0, 0.1) is 0 Å². The lowest BCUT2D eigenvalue weighted by molar-refractivity contribution is -0.146. The largest absolute Gasteiger partial charge is 0.496 e. The van der Waals surface area contributed by atoms with Gasteiger partial charge >= 0.3 is 18.1 Å². The van der Waals surface area contributed by atoms with Crippen LogP contribution in [0.25, 0.3) is 0 Å². The van der Waals surface area contributed by atoms with Gasteiger partial charge in [-0.1, -0.05) is 55.2 Å². The van der Waals surface area contributed by atoms with Crippen molar-refractivity contribution in [2.75, 3.05) is 19.5 Å². The molecule has 0 aliphatic rings. The second kappa shape index (κ2) is 17.3. The van der Waals surface area contributed by atoms with Gasteiger partial charge in [-0.25, -0.2) is 9.59 Å². The zero-order valence-corrected chi connectivity index (χ0v) is 29.8. The van der Waals surface area contributed by atoms with Crippen LogP contribution in [-0.4, -0.2) is 48.4 Å². The van der Waals surface area contributed by atoms with Crippen LogP contribution in [0.1, 0.15) is 72.5 Å². The van der Waals surface area contributed by atoms with Crippen molar-refractivity contribution in [2.45, 2.75) is 58.2 Å². The third kappa shape index (κ3) is 10.3. The molecule has 0 radical (unpaired) electrons. The third-order valence-corrected chi connectivity index (χ3v) is 8.48. The van der Waals surface area contributed by atoms with Crippen LogP contribution in [-0.2, 0) is 21.1 Å². The Morgan fingerprint density at radius 1 is 0.922 bits per heavy atom. The van der Waals surface area contributed by atoms with E-state index in [2.05, 4.69) is 31.2 Å². The minimum atomic E-state index is -4.56. The van der Waals surface area contributed by atoms with Gasteiger partial charge in [-0.15, -0.1) is 0 Å². The van der Waals surface area contributed by atoms with E-state index in [9.17, 15) is 27.6 Å². The second-order valence-corrected chi connectivity index (χ2v) is 11.9. The van der Waals surface area contributed by atoms with E-state index in [0.29, 0.717) is 29.0 Å². The normalized spacial score (nSPS) is 11.8. The van der Waals surface area contributed by atoms with Crippen molar-refractivity contribution in [3.63, 3.8) is 0 Å². The third-order valence-electron chi connectivity index (χ3n) is 7.86. The van der Waals surface area contributed by atoms with Crippen LogP contribution in [0.2, 0.25) is 10.0 Å². The molecule has 1 aromatic heterocycles. The zero-order valence-electron chi connectivity index (χ0n) is 28.3. The molecule has 1 atom stereocenters. The molecular weight excluding hydrogens is 720 g/mol. The molecule has 0 unspecified atom stereocenters. The van der Waals surface area contributed by atoms with Gasteiger partial charge in [0.05, 0.1) is 41.1 Å². The molecule has 0 fully saturated rings. The van der Waals surface area contributed by atoms with Crippen LogP contribution >= 0.6 is 23.2 Å². The number of ether oxygens (including phenoxy) is 4. The lowest BCUT2D eigenvalue weighted by Crippen LogP contribution is -2.23. The Balaban J connectivity index is 0.000000277. The van der Waals surface area contributed by atoms with E-state index in [1.165, 1.54) is 26.4 Å². The number of halogens is 5. The first kappa shape index (κ1) is 40.5. The topological polar surface area (TPSA) is 146 Å². The van der Waals surface area contributed by atoms with Crippen LogP contribution in [0.3, 0.4) is 0 Å². The average molecular weight is 756 g/mol. The summed E-state index contributed by atoms with van der Waals surface area (Å²) in [5.41, 5.74) is -0.0496. The number of rotatable bonds is 12. The maximum Gasteiger partial charge on any atom is 0.416 e. The summed E-state index contributed by atoms with van der Waals surface area (Å²) >= 11 is 11.7. The quantitative estimate of drug-likeness (QED) is 0.134. The van der Waals surface area contributed by atoms with Crippen LogP contribution in [0.15, 0.2) is 65.2 Å². The van der Waals surface area contributed by atoms with Gasteiger partial charge in [-0.05, 0) is 68.3 Å². The van der Waals surface area contributed by atoms with E-state index in [0.717, 1.165) is 43.7 Å². The van der Waals surface area contributed by atoms with Crippen LogP contribution < -0.4 is 19.5 Å². The predicted molar refractivity (Wildman–Crippen MR) is 182 cm³/mol. The molecular formula is C35H35Cl2F3N2O9. The fourth-order valence-corrected chi connectivity index (χ4v) is 4.78. The summed E-state index contributed by atoms with van der Waals surface area (Å²) in [7, 11) is 3.01. The fraction of sp³-hybridized carbons (Fsp3) is 0.314. The van der Waals surface area contributed by atoms with Crippen molar-refractivity contribution in [3.8, 4) is 23.0 Å². The van der Waals surface area contributed by atoms with E-state index < -0.39 is 29.8 Å². The maximum atomic E-state index is 12.7. The molecule has 1 amide bonds. The number of amides is 1. The highest BCUT2D eigenvalue weighted by atomic mass is 35.5. The number of carbonyl (C=O) groups excluding carboxylic acids is 2. The molecule has 1 heterocycles. The first-order chi connectivity index (χ1) is 24.0. The smallest absolute Gasteiger partial charge is 0.416 e. The highest BCUT2D eigenvalue weighted by Gasteiger charge is 2.31. The summed E-state index contributed by atoms with van der Waals surface area (Å²) in [6.07, 6.45) is -4.09. The Bertz CT molecular complexity index is 1840. The molecule has 16 heteroatoms. The number of nitrogens with one attached hydrogen (secondary N) is 1. The number of hydrogen-bond acceptors (Lipinski definition) is 9. The number of aromatic nitrogens is 1. The highest BCUT2D eigenvalue weighted by molar-refractivity contribution is 6.33. The first-order valence-corrected chi connectivity index (χ1v) is 16.0. The predicted octanol–water partition coefficient (Wildman–Crippen LogP) is 9.46. The van der Waals surface area contributed by atoms with E-state index in [1.54, 1.807) is 24.3 Å². The Kier molecular flexibility index (Phi) is 13.7.